The van der Waals surface area contributed by atoms with Crippen LogP contribution in [0.25, 0.3) is 0 Å². The van der Waals surface area contributed by atoms with Gasteiger partial charge in [0.2, 0.25) is 0 Å². The molecule has 0 aliphatic rings. The number of unbranched alkanes of at least 4 members (excludes halogenated alkanes) is 3. The highest BCUT2D eigenvalue weighted by molar-refractivity contribution is 6.00. The van der Waals surface area contributed by atoms with E-state index in [4.69, 9.17) is 14.2 Å². The summed E-state index contributed by atoms with van der Waals surface area (Å²) in [4.78, 5) is 24.8. The van der Waals surface area contributed by atoms with E-state index in [9.17, 15) is 9.59 Å². The number of carbonyl (C=O) groups is 2. The third-order valence-electron chi connectivity index (χ3n) is 4.69. The molecule has 0 aliphatic heterocycles. The monoisotopic (exact) mass is 378 g/mol. The van der Waals surface area contributed by atoms with Crippen molar-refractivity contribution in [1.29, 1.82) is 0 Å². The molecular weight excluding hydrogens is 344 g/mol. The summed E-state index contributed by atoms with van der Waals surface area (Å²) in [6.07, 6.45) is 4.54. The molecular formula is C22H34O5. The zero-order valence-corrected chi connectivity index (χ0v) is 17.0. The van der Waals surface area contributed by atoms with Crippen LogP contribution in [0, 0.1) is 5.41 Å². The lowest BCUT2D eigenvalue weighted by molar-refractivity contribution is -0.173. The molecule has 0 atom stereocenters. The maximum absolute atomic E-state index is 12.4. The minimum atomic E-state index is -1.17. The third-order valence-corrected chi connectivity index (χ3v) is 4.69. The lowest BCUT2D eigenvalue weighted by atomic mass is 9.80. The Labute approximate surface area is 163 Å². The van der Waals surface area contributed by atoms with Gasteiger partial charge in [0.15, 0.2) is 5.41 Å². The fourth-order valence-electron chi connectivity index (χ4n) is 3.04. The molecule has 0 unspecified atom stereocenters. The molecule has 0 radical (unpaired) electrons. The first kappa shape index (κ1) is 23.2. The number of benzene rings is 1. The number of carbonyl (C=O) groups excluding carboxylic acids is 2. The molecule has 1 rings (SSSR count). The van der Waals surface area contributed by atoms with Crippen LogP contribution < -0.4 is 0 Å². The Morgan fingerprint density at radius 1 is 0.852 bits per heavy atom. The summed E-state index contributed by atoms with van der Waals surface area (Å²) in [5, 5.41) is 0. The molecule has 0 fully saturated rings. The minimum absolute atomic E-state index is 0.263. The van der Waals surface area contributed by atoms with Crippen molar-refractivity contribution in [2.45, 2.75) is 65.9 Å². The molecule has 0 amide bonds. The van der Waals surface area contributed by atoms with Crippen LogP contribution in [0.15, 0.2) is 30.3 Å². The fourth-order valence-corrected chi connectivity index (χ4v) is 3.04. The third kappa shape index (κ3) is 7.71. The summed E-state index contributed by atoms with van der Waals surface area (Å²) in [7, 11) is 0. The van der Waals surface area contributed by atoms with Crippen molar-refractivity contribution in [1.82, 2.24) is 0 Å². The van der Waals surface area contributed by atoms with Crippen molar-refractivity contribution in [2.24, 2.45) is 5.41 Å². The molecule has 1 aromatic rings. The van der Waals surface area contributed by atoms with Crippen molar-refractivity contribution in [2.75, 3.05) is 19.8 Å². The molecule has 5 heteroatoms. The highest BCUT2D eigenvalue weighted by Crippen LogP contribution is 2.33. The molecule has 0 spiro atoms. The summed E-state index contributed by atoms with van der Waals surface area (Å²) in [5.74, 6) is -0.922. The van der Waals surface area contributed by atoms with Crippen molar-refractivity contribution >= 4 is 11.9 Å². The first-order chi connectivity index (χ1) is 13.1. The maximum atomic E-state index is 12.4. The van der Waals surface area contributed by atoms with E-state index in [2.05, 4.69) is 12.1 Å². The van der Waals surface area contributed by atoms with E-state index in [0.29, 0.717) is 26.1 Å². The topological polar surface area (TPSA) is 61.8 Å². The summed E-state index contributed by atoms with van der Waals surface area (Å²) in [5.41, 5.74) is 0.00429. The van der Waals surface area contributed by atoms with Gasteiger partial charge in [0.25, 0.3) is 0 Å². The largest absolute Gasteiger partial charge is 0.465 e. The molecule has 0 N–H and O–H groups in total. The van der Waals surface area contributed by atoms with E-state index in [1.54, 1.807) is 13.8 Å². The Kier molecular flexibility index (Phi) is 11.4. The van der Waals surface area contributed by atoms with Crippen molar-refractivity contribution in [3.05, 3.63) is 35.9 Å². The highest BCUT2D eigenvalue weighted by Gasteiger charge is 2.46. The van der Waals surface area contributed by atoms with Crippen LogP contribution in [0.5, 0.6) is 0 Å². The quantitative estimate of drug-likeness (QED) is 0.267. The molecule has 0 aromatic heterocycles. The van der Waals surface area contributed by atoms with E-state index in [-0.39, 0.29) is 13.2 Å². The molecule has 27 heavy (non-hydrogen) atoms. The van der Waals surface area contributed by atoms with Gasteiger partial charge >= 0.3 is 11.9 Å². The standard InChI is InChI=1S/C22H34O5/c1-4-22(20(23)26-5-2,21(24)27-6-3)16-12-7-8-13-17-25-18-19-14-10-9-11-15-19/h9-11,14-15H,4-8,12-13,16-18H2,1-3H3. The normalized spacial score (nSPS) is 11.2. The molecule has 0 bridgehead atoms. The van der Waals surface area contributed by atoms with Crippen LogP contribution in [0.1, 0.15) is 64.9 Å². The second kappa shape index (κ2) is 13.3. The number of rotatable bonds is 14. The first-order valence-corrected chi connectivity index (χ1v) is 10.1. The zero-order valence-electron chi connectivity index (χ0n) is 17.0. The molecule has 5 nitrogen and oxygen atoms in total. The Hall–Kier alpha value is -1.88. The van der Waals surface area contributed by atoms with Crippen LogP contribution in [0.4, 0.5) is 0 Å². The summed E-state index contributed by atoms with van der Waals surface area (Å²) in [6.45, 7) is 7.20. The molecule has 152 valence electrons. The van der Waals surface area contributed by atoms with Crippen LogP contribution in [0.2, 0.25) is 0 Å². The van der Waals surface area contributed by atoms with Crippen LogP contribution in [0.3, 0.4) is 0 Å². The van der Waals surface area contributed by atoms with Gasteiger partial charge in [0.05, 0.1) is 19.8 Å². The molecule has 1 aromatic carbocycles. The molecule has 0 saturated heterocycles. The number of hydrogen-bond donors (Lipinski definition) is 0. The van der Waals surface area contributed by atoms with Gasteiger partial charge in [-0.05, 0) is 38.7 Å². The van der Waals surface area contributed by atoms with E-state index in [0.717, 1.165) is 25.7 Å². The Morgan fingerprint density at radius 3 is 2.00 bits per heavy atom. The molecule has 0 saturated carbocycles. The van der Waals surface area contributed by atoms with Crippen molar-refractivity contribution in [3.63, 3.8) is 0 Å². The predicted octanol–water partition coefficient (Wildman–Crippen LogP) is 4.68. The predicted molar refractivity (Wildman–Crippen MR) is 105 cm³/mol. The van der Waals surface area contributed by atoms with Gasteiger partial charge in [-0.25, -0.2) is 0 Å². The zero-order chi connectivity index (χ0) is 20.0. The average Bonchev–Trinajstić information content (AvgIpc) is 2.68. The Morgan fingerprint density at radius 2 is 1.44 bits per heavy atom. The van der Waals surface area contributed by atoms with E-state index < -0.39 is 17.4 Å². The van der Waals surface area contributed by atoms with Crippen molar-refractivity contribution < 1.29 is 23.8 Å². The summed E-state index contributed by atoms with van der Waals surface area (Å²) in [6, 6.07) is 10.1. The number of ether oxygens (including phenoxy) is 3. The highest BCUT2D eigenvalue weighted by atomic mass is 16.6. The number of hydrogen-bond acceptors (Lipinski definition) is 5. The fraction of sp³-hybridized carbons (Fsp3) is 0.636. The second-order valence-corrected chi connectivity index (χ2v) is 6.58. The van der Waals surface area contributed by atoms with E-state index in [1.165, 1.54) is 5.56 Å². The number of esters is 2. The second-order valence-electron chi connectivity index (χ2n) is 6.58. The van der Waals surface area contributed by atoms with E-state index in [1.807, 2.05) is 25.1 Å². The average molecular weight is 379 g/mol. The van der Waals surface area contributed by atoms with Gasteiger partial charge in [-0.1, -0.05) is 56.5 Å². The summed E-state index contributed by atoms with van der Waals surface area (Å²) < 4.78 is 16.0. The molecule has 0 aliphatic carbocycles. The SMILES string of the molecule is CCOC(=O)C(CC)(CCCCCCOCc1ccccc1)C(=O)OCC. The van der Waals surface area contributed by atoms with Gasteiger partial charge in [0, 0.05) is 6.61 Å². The lowest BCUT2D eigenvalue weighted by Gasteiger charge is -2.27. The summed E-state index contributed by atoms with van der Waals surface area (Å²) >= 11 is 0. The lowest BCUT2D eigenvalue weighted by Crippen LogP contribution is -2.41. The smallest absolute Gasteiger partial charge is 0.323 e. The maximum Gasteiger partial charge on any atom is 0.323 e. The Bertz CT molecular complexity index is 523. The van der Waals surface area contributed by atoms with Gasteiger partial charge in [-0.2, -0.15) is 0 Å². The van der Waals surface area contributed by atoms with Gasteiger partial charge in [0.1, 0.15) is 0 Å². The van der Waals surface area contributed by atoms with Crippen LogP contribution in [-0.4, -0.2) is 31.8 Å². The van der Waals surface area contributed by atoms with Crippen molar-refractivity contribution in [3.8, 4) is 0 Å². The van der Waals surface area contributed by atoms with Crippen LogP contribution in [-0.2, 0) is 30.4 Å². The minimum Gasteiger partial charge on any atom is -0.465 e. The Balaban J connectivity index is 2.33. The van der Waals surface area contributed by atoms with Crippen LogP contribution >= 0.6 is 0 Å². The van der Waals surface area contributed by atoms with E-state index >= 15 is 0 Å². The van der Waals surface area contributed by atoms with Gasteiger partial charge in [-0.15, -0.1) is 0 Å². The molecule has 0 heterocycles. The van der Waals surface area contributed by atoms with Gasteiger partial charge in [-0.3, -0.25) is 9.59 Å². The first-order valence-electron chi connectivity index (χ1n) is 10.1. The van der Waals surface area contributed by atoms with Gasteiger partial charge < -0.3 is 14.2 Å².